The van der Waals surface area contributed by atoms with Gasteiger partial charge < -0.3 is 0 Å². The van der Waals surface area contributed by atoms with E-state index in [1.165, 1.54) is 37.0 Å². The van der Waals surface area contributed by atoms with E-state index in [1.54, 1.807) is 11.1 Å². The third-order valence-electron chi connectivity index (χ3n) is 2.98. The van der Waals surface area contributed by atoms with E-state index in [1.807, 2.05) is 11.8 Å². The maximum atomic E-state index is 2.45. The standard InChI is InChI=1S/C14H18S/c1-15-11-10-13-8-3-2-6-12-7-4-5-9-14(12)13/h4-5,7-9H,2-3,6,10-11H2,1H3. The Hall–Kier alpha value is -0.690. The van der Waals surface area contributed by atoms with Gasteiger partial charge in [-0.05, 0) is 54.4 Å². The molecule has 1 aliphatic carbocycles. The Labute approximate surface area is 96.8 Å². The zero-order valence-electron chi connectivity index (χ0n) is 9.33. The molecule has 0 N–H and O–H groups in total. The lowest BCUT2D eigenvalue weighted by atomic mass is 9.98. The lowest BCUT2D eigenvalue weighted by Gasteiger charge is -2.09. The Morgan fingerprint density at radius 2 is 2.13 bits per heavy atom. The van der Waals surface area contributed by atoms with Gasteiger partial charge in [-0.1, -0.05) is 30.3 Å². The van der Waals surface area contributed by atoms with Crippen LogP contribution in [-0.4, -0.2) is 12.0 Å². The SMILES string of the molecule is CSCCC1=CCCCc2ccccc21. The zero-order chi connectivity index (χ0) is 10.5. The Kier molecular flexibility index (Phi) is 3.90. The highest BCUT2D eigenvalue weighted by atomic mass is 32.2. The summed E-state index contributed by atoms with van der Waals surface area (Å²) >= 11 is 1.94. The van der Waals surface area contributed by atoms with Gasteiger partial charge in [0.2, 0.25) is 0 Å². The van der Waals surface area contributed by atoms with Crippen molar-refractivity contribution in [2.45, 2.75) is 25.7 Å². The Morgan fingerprint density at radius 1 is 1.27 bits per heavy atom. The molecule has 1 aromatic carbocycles. The fourth-order valence-electron chi connectivity index (χ4n) is 2.18. The summed E-state index contributed by atoms with van der Waals surface area (Å²) in [6, 6.07) is 8.90. The van der Waals surface area contributed by atoms with E-state index in [0.717, 1.165) is 0 Å². The molecule has 1 aliphatic rings. The van der Waals surface area contributed by atoms with Crippen LogP contribution in [0.2, 0.25) is 0 Å². The minimum atomic E-state index is 1.22. The van der Waals surface area contributed by atoms with Crippen molar-refractivity contribution >= 4 is 17.3 Å². The predicted octanol–water partition coefficient (Wildman–Crippen LogP) is 4.16. The van der Waals surface area contributed by atoms with Gasteiger partial charge in [-0.2, -0.15) is 11.8 Å². The van der Waals surface area contributed by atoms with Gasteiger partial charge in [0.05, 0.1) is 0 Å². The van der Waals surface area contributed by atoms with Crippen LogP contribution < -0.4 is 0 Å². The Bertz CT molecular complexity index is 352. The van der Waals surface area contributed by atoms with Crippen molar-refractivity contribution in [3.8, 4) is 0 Å². The largest absolute Gasteiger partial charge is 0.165 e. The Morgan fingerprint density at radius 3 is 3.00 bits per heavy atom. The van der Waals surface area contributed by atoms with E-state index in [-0.39, 0.29) is 0 Å². The molecule has 0 aromatic heterocycles. The second-order valence-electron chi connectivity index (χ2n) is 4.02. The molecular formula is C14H18S. The van der Waals surface area contributed by atoms with E-state index in [0.29, 0.717) is 0 Å². The van der Waals surface area contributed by atoms with Crippen molar-refractivity contribution in [1.29, 1.82) is 0 Å². The number of rotatable bonds is 3. The lowest BCUT2D eigenvalue weighted by Crippen LogP contribution is -1.92. The highest BCUT2D eigenvalue weighted by molar-refractivity contribution is 7.98. The smallest absolute Gasteiger partial charge is 0.00297 e. The van der Waals surface area contributed by atoms with Crippen LogP contribution in [0.5, 0.6) is 0 Å². The summed E-state index contributed by atoms with van der Waals surface area (Å²) in [5.74, 6) is 1.24. The monoisotopic (exact) mass is 218 g/mol. The normalized spacial score (nSPS) is 15.4. The second kappa shape index (κ2) is 5.41. The van der Waals surface area contributed by atoms with Gasteiger partial charge in [0.1, 0.15) is 0 Å². The molecule has 0 amide bonds. The van der Waals surface area contributed by atoms with Gasteiger partial charge in [-0.3, -0.25) is 0 Å². The maximum absolute atomic E-state index is 2.45. The van der Waals surface area contributed by atoms with E-state index in [4.69, 9.17) is 0 Å². The van der Waals surface area contributed by atoms with Crippen LogP contribution in [0.4, 0.5) is 0 Å². The van der Waals surface area contributed by atoms with E-state index in [9.17, 15) is 0 Å². The van der Waals surface area contributed by atoms with Gasteiger partial charge in [0, 0.05) is 0 Å². The lowest BCUT2D eigenvalue weighted by molar-refractivity contribution is 0.851. The van der Waals surface area contributed by atoms with Crippen molar-refractivity contribution < 1.29 is 0 Å². The molecule has 0 fully saturated rings. The number of fused-ring (bicyclic) bond motifs is 1. The molecule has 0 atom stereocenters. The summed E-state index contributed by atoms with van der Waals surface area (Å²) in [5.41, 5.74) is 4.61. The summed E-state index contributed by atoms with van der Waals surface area (Å²) in [6.45, 7) is 0. The molecule has 80 valence electrons. The van der Waals surface area contributed by atoms with Crippen LogP contribution in [-0.2, 0) is 6.42 Å². The molecule has 0 saturated carbocycles. The van der Waals surface area contributed by atoms with Crippen molar-refractivity contribution in [3.05, 3.63) is 41.5 Å². The van der Waals surface area contributed by atoms with Crippen molar-refractivity contribution in [2.24, 2.45) is 0 Å². The fourth-order valence-corrected chi connectivity index (χ4v) is 2.60. The first-order valence-corrected chi connectivity index (χ1v) is 7.07. The highest BCUT2D eigenvalue weighted by Gasteiger charge is 2.09. The molecule has 0 bridgehead atoms. The van der Waals surface area contributed by atoms with Crippen LogP contribution in [0.15, 0.2) is 30.3 Å². The topological polar surface area (TPSA) is 0 Å². The van der Waals surface area contributed by atoms with Gasteiger partial charge in [0.25, 0.3) is 0 Å². The van der Waals surface area contributed by atoms with Crippen LogP contribution in [0.25, 0.3) is 5.57 Å². The van der Waals surface area contributed by atoms with Crippen LogP contribution in [0.1, 0.15) is 30.4 Å². The third kappa shape index (κ3) is 2.66. The van der Waals surface area contributed by atoms with Crippen molar-refractivity contribution in [2.75, 3.05) is 12.0 Å². The molecular weight excluding hydrogens is 200 g/mol. The first-order valence-electron chi connectivity index (χ1n) is 5.68. The van der Waals surface area contributed by atoms with Crippen LogP contribution >= 0.6 is 11.8 Å². The van der Waals surface area contributed by atoms with E-state index in [2.05, 4.69) is 36.6 Å². The summed E-state index contributed by atoms with van der Waals surface area (Å²) in [6.07, 6.45) is 9.65. The molecule has 0 nitrogen and oxygen atoms in total. The van der Waals surface area contributed by atoms with Crippen LogP contribution in [0.3, 0.4) is 0 Å². The van der Waals surface area contributed by atoms with Gasteiger partial charge in [0.15, 0.2) is 0 Å². The van der Waals surface area contributed by atoms with Crippen molar-refractivity contribution in [3.63, 3.8) is 0 Å². The average Bonchev–Trinajstić information content (AvgIpc) is 2.49. The first kappa shape index (κ1) is 10.8. The number of hydrogen-bond acceptors (Lipinski definition) is 1. The summed E-state index contributed by atoms with van der Waals surface area (Å²) in [7, 11) is 0. The maximum Gasteiger partial charge on any atom is -0.00297 e. The average molecular weight is 218 g/mol. The molecule has 1 aromatic rings. The van der Waals surface area contributed by atoms with Crippen molar-refractivity contribution in [1.82, 2.24) is 0 Å². The Balaban J connectivity index is 2.26. The number of benzene rings is 1. The minimum absolute atomic E-state index is 1.22. The van der Waals surface area contributed by atoms with Gasteiger partial charge in [-0.15, -0.1) is 0 Å². The van der Waals surface area contributed by atoms with E-state index >= 15 is 0 Å². The summed E-state index contributed by atoms with van der Waals surface area (Å²) in [4.78, 5) is 0. The minimum Gasteiger partial charge on any atom is -0.165 e. The summed E-state index contributed by atoms with van der Waals surface area (Å²) in [5, 5.41) is 0. The number of hydrogen-bond donors (Lipinski definition) is 0. The molecule has 2 rings (SSSR count). The highest BCUT2D eigenvalue weighted by Crippen LogP contribution is 2.28. The summed E-state index contributed by atoms with van der Waals surface area (Å²) < 4.78 is 0. The zero-order valence-corrected chi connectivity index (χ0v) is 10.1. The molecule has 15 heavy (non-hydrogen) atoms. The van der Waals surface area contributed by atoms with Gasteiger partial charge >= 0.3 is 0 Å². The molecule has 0 aliphatic heterocycles. The van der Waals surface area contributed by atoms with Crippen LogP contribution in [0, 0.1) is 0 Å². The number of thioether (sulfide) groups is 1. The molecule has 0 heterocycles. The number of allylic oxidation sites excluding steroid dienone is 2. The fraction of sp³-hybridized carbons (Fsp3) is 0.429. The molecule has 0 spiro atoms. The third-order valence-corrected chi connectivity index (χ3v) is 3.59. The van der Waals surface area contributed by atoms with E-state index < -0.39 is 0 Å². The predicted molar refractivity (Wildman–Crippen MR) is 70.4 cm³/mol. The van der Waals surface area contributed by atoms with Gasteiger partial charge in [-0.25, -0.2) is 0 Å². The molecule has 0 unspecified atom stereocenters. The molecule has 0 radical (unpaired) electrons. The first-order chi connectivity index (χ1) is 7.42. The second-order valence-corrected chi connectivity index (χ2v) is 5.01. The quantitative estimate of drug-likeness (QED) is 0.734. The molecule has 0 saturated heterocycles. The number of aryl methyl sites for hydroxylation is 1. The molecule has 1 heteroatoms.